The molecule has 2 aromatic rings. The average Bonchev–Trinajstić information content (AvgIpc) is 3.08. The second-order valence-electron chi connectivity index (χ2n) is 4.03. The van der Waals surface area contributed by atoms with Crippen molar-refractivity contribution < 1.29 is 31.8 Å². The van der Waals surface area contributed by atoms with E-state index in [1.807, 2.05) is 0 Å². The van der Waals surface area contributed by atoms with Gasteiger partial charge in [0.25, 0.3) is 0 Å². The topological polar surface area (TPSA) is 35.5 Å². The average molecular weight is 306 g/mol. The zero-order chi connectivity index (χ0) is 14.4. The highest BCUT2D eigenvalue weighted by atomic mass is 32.1. The minimum absolute atomic E-state index is 0.00917. The van der Waals surface area contributed by atoms with Crippen molar-refractivity contribution >= 4 is 28.4 Å². The number of ether oxygens (including phenoxy) is 2. The lowest BCUT2D eigenvalue weighted by Crippen LogP contribution is -2.01. The number of halogens is 4. The van der Waals surface area contributed by atoms with Gasteiger partial charge in [-0.05, 0) is 0 Å². The van der Waals surface area contributed by atoms with E-state index in [1.165, 1.54) is 0 Å². The lowest BCUT2D eigenvalue weighted by Gasteiger charge is -2.08. The molecular formula is C12H6F4O3S. The van der Waals surface area contributed by atoms with Gasteiger partial charge in [0, 0.05) is 10.8 Å². The molecule has 1 aromatic heterocycles. The number of hydrogen-bond donors (Lipinski definition) is 0. The molecule has 1 aliphatic heterocycles. The number of carbonyl (C=O) groups is 1. The predicted octanol–water partition coefficient (Wildman–Crippen LogP) is 3.32. The van der Waals surface area contributed by atoms with E-state index < -0.39 is 40.3 Å². The first kappa shape index (κ1) is 13.5. The Morgan fingerprint density at radius 3 is 2.05 bits per heavy atom. The standard InChI is InChI=1S/C12H6F4O3S/c13-7-5-4(3-17)20-11(12-18-1-2-19-12)6(5)8(14)10(16)9(7)15/h3,12H,1-2H2. The van der Waals surface area contributed by atoms with Gasteiger partial charge in [0.1, 0.15) is 0 Å². The number of fused-ring (bicyclic) bond motifs is 1. The number of benzene rings is 1. The minimum atomic E-state index is -1.95. The van der Waals surface area contributed by atoms with Gasteiger partial charge < -0.3 is 9.47 Å². The molecular weight excluding hydrogens is 300 g/mol. The molecule has 3 nitrogen and oxygen atoms in total. The molecule has 1 saturated heterocycles. The molecule has 8 heteroatoms. The Hall–Kier alpha value is -1.51. The molecule has 0 spiro atoms. The molecule has 0 unspecified atom stereocenters. The van der Waals surface area contributed by atoms with E-state index >= 15 is 0 Å². The second-order valence-corrected chi connectivity index (χ2v) is 5.11. The van der Waals surface area contributed by atoms with Crippen LogP contribution in [0.3, 0.4) is 0 Å². The molecule has 20 heavy (non-hydrogen) atoms. The molecule has 1 aromatic carbocycles. The summed E-state index contributed by atoms with van der Waals surface area (Å²) in [4.78, 5) is 10.7. The van der Waals surface area contributed by atoms with E-state index in [0.717, 1.165) is 0 Å². The Balaban J connectivity index is 2.40. The van der Waals surface area contributed by atoms with E-state index in [2.05, 4.69) is 0 Å². The van der Waals surface area contributed by atoms with Crippen molar-refractivity contribution in [2.45, 2.75) is 6.29 Å². The number of hydrogen-bond acceptors (Lipinski definition) is 4. The van der Waals surface area contributed by atoms with Gasteiger partial charge in [0.2, 0.25) is 0 Å². The Labute approximate surface area is 113 Å². The normalized spacial score (nSPS) is 16.2. The summed E-state index contributed by atoms with van der Waals surface area (Å²) in [6.07, 6.45) is -0.763. The highest BCUT2D eigenvalue weighted by Gasteiger charge is 2.31. The lowest BCUT2D eigenvalue weighted by molar-refractivity contribution is -0.0404. The van der Waals surface area contributed by atoms with Crippen molar-refractivity contribution in [3.63, 3.8) is 0 Å². The maximum absolute atomic E-state index is 13.9. The smallest absolute Gasteiger partial charge is 0.198 e. The third-order valence-electron chi connectivity index (χ3n) is 2.92. The summed E-state index contributed by atoms with van der Waals surface area (Å²) >= 11 is 0.684. The maximum Gasteiger partial charge on any atom is 0.198 e. The Morgan fingerprint density at radius 2 is 1.50 bits per heavy atom. The van der Waals surface area contributed by atoms with Gasteiger partial charge in [0.05, 0.1) is 23.0 Å². The van der Waals surface area contributed by atoms with Gasteiger partial charge in [-0.2, -0.15) is 0 Å². The summed E-state index contributed by atoms with van der Waals surface area (Å²) in [5.41, 5.74) is 0. The van der Waals surface area contributed by atoms with Crippen LogP contribution in [0, 0.1) is 23.3 Å². The molecule has 1 aliphatic rings. The first-order valence-corrected chi connectivity index (χ1v) is 6.34. The van der Waals surface area contributed by atoms with E-state index in [4.69, 9.17) is 9.47 Å². The SMILES string of the molecule is O=Cc1sc(C2OCCO2)c2c(F)c(F)c(F)c(F)c12. The molecule has 0 radical (unpaired) electrons. The fraction of sp³-hybridized carbons (Fsp3) is 0.250. The molecule has 1 fully saturated rings. The van der Waals surface area contributed by atoms with Crippen LogP contribution in [0.5, 0.6) is 0 Å². The summed E-state index contributed by atoms with van der Waals surface area (Å²) in [6, 6.07) is 0. The van der Waals surface area contributed by atoms with Gasteiger partial charge in [-0.3, -0.25) is 4.79 Å². The van der Waals surface area contributed by atoms with E-state index in [-0.39, 0.29) is 29.3 Å². The first-order valence-electron chi connectivity index (χ1n) is 5.53. The highest BCUT2D eigenvalue weighted by molar-refractivity contribution is 7.15. The molecule has 106 valence electrons. The molecule has 2 heterocycles. The highest BCUT2D eigenvalue weighted by Crippen LogP contribution is 2.41. The number of aldehydes is 1. The largest absolute Gasteiger partial charge is 0.345 e. The van der Waals surface area contributed by atoms with Gasteiger partial charge in [-0.1, -0.05) is 0 Å². The van der Waals surface area contributed by atoms with Gasteiger partial charge in [0.15, 0.2) is 35.8 Å². The summed E-state index contributed by atoms with van der Waals surface area (Å²) < 4.78 is 64.6. The zero-order valence-electron chi connectivity index (χ0n) is 9.71. The summed E-state index contributed by atoms with van der Waals surface area (Å²) in [6.45, 7) is 0.461. The summed E-state index contributed by atoms with van der Waals surface area (Å²) in [7, 11) is 0. The van der Waals surface area contributed by atoms with Crippen molar-refractivity contribution in [3.05, 3.63) is 33.0 Å². The van der Waals surface area contributed by atoms with Crippen molar-refractivity contribution in [3.8, 4) is 0 Å². The Morgan fingerprint density at radius 1 is 0.950 bits per heavy atom. The Kier molecular flexibility index (Phi) is 3.23. The van der Waals surface area contributed by atoms with Crippen molar-refractivity contribution in [1.29, 1.82) is 0 Å². The molecule has 0 amide bonds. The van der Waals surface area contributed by atoms with Crippen LogP contribution in [-0.4, -0.2) is 19.5 Å². The van der Waals surface area contributed by atoms with E-state index in [0.29, 0.717) is 11.3 Å². The monoisotopic (exact) mass is 306 g/mol. The summed E-state index contributed by atoms with van der Waals surface area (Å²) in [5.74, 6) is -7.03. The number of rotatable bonds is 2. The number of carbonyl (C=O) groups excluding carboxylic acids is 1. The van der Waals surface area contributed by atoms with E-state index in [1.54, 1.807) is 0 Å². The molecule has 0 bridgehead atoms. The van der Waals surface area contributed by atoms with Crippen LogP contribution in [0.15, 0.2) is 0 Å². The van der Waals surface area contributed by atoms with E-state index in [9.17, 15) is 22.4 Å². The molecule has 0 N–H and O–H groups in total. The molecule has 0 saturated carbocycles. The van der Waals surface area contributed by atoms with Crippen molar-refractivity contribution in [2.75, 3.05) is 13.2 Å². The van der Waals surface area contributed by atoms with Gasteiger partial charge >= 0.3 is 0 Å². The molecule has 3 rings (SSSR count). The summed E-state index contributed by atoms with van der Waals surface area (Å²) in [5, 5.41) is -1.10. The fourth-order valence-corrected chi connectivity index (χ4v) is 3.18. The van der Waals surface area contributed by atoms with Crippen LogP contribution < -0.4 is 0 Å². The minimum Gasteiger partial charge on any atom is -0.345 e. The quantitative estimate of drug-likeness (QED) is 0.369. The third-order valence-corrected chi connectivity index (χ3v) is 4.06. The van der Waals surface area contributed by atoms with Crippen LogP contribution in [0.25, 0.3) is 10.8 Å². The maximum atomic E-state index is 13.9. The van der Waals surface area contributed by atoms with Gasteiger partial charge in [-0.15, -0.1) is 11.3 Å². The molecule has 0 aliphatic carbocycles. The van der Waals surface area contributed by atoms with Gasteiger partial charge in [-0.25, -0.2) is 17.6 Å². The van der Waals surface area contributed by atoms with Crippen LogP contribution >= 0.6 is 11.3 Å². The Bertz CT molecular complexity index is 707. The predicted molar refractivity (Wildman–Crippen MR) is 61.7 cm³/mol. The number of thiophene rings is 1. The first-order chi connectivity index (χ1) is 9.56. The van der Waals surface area contributed by atoms with Crippen molar-refractivity contribution in [1.82, 2.24) is 0 Å². The fourth-order valence-electron chi connectivity index (χ4n) is 2.07. The van der Waals surface area contributed by atoms with Crippen LogP contribution in [0.2, 0.25) is 0 Å². The third kappa shape index (κ3) is 1.75. The zero-order valence-corrected chi connectivity index (χ0v) is 10.5. The molecule has 0 atom stereocenters. The van der Waals surface area contributed by atoms with Crippen LogP contribution in [0.1, 0.15) is 20.8 Å². The lowest BCUT2D eigenvalue weighted by atomic mass is 10.1. The van der Waals surface area contributed by atoms with Crippen molar-refractivity contribution in [2.24, 2.45) is 0 Å². The van der Waals surface area contributed by atoms with Crippen LogP contribution in [0.4, 0.5) is 17.6 Å². The second kappa shape index (κ2) is 4.80. The van der Waals surface area contributed by atoms with Crippen LogP contribution in [-0.2, 0) is 9.47 Å².